The van der Waals surface area contributed by atoms with E-state index in [-0.39, 0.29) is 5.41 Å². The largest absolute Gasteiger partial charge is 0.373 e. The number of nitrogens with zero attached hydrogens (tertiary/aromatic N) is 3. The minimum Gasteiger partial charge on any atom is -0.373 e. The first-order valence-electron chi connectivity index (χ1n) is 6.06. The number of anilines is 1. The first-order valence-corrected chi connectivity index (χ1v) is 7.75. The molecule has 1 N–H and O–H groups in total. The maximum Gasteiger partial charge on any atom is 0.156 e. The summed E-state index contributed by atoms with van der Waals surface area (Å²) in [4.78, 5) is 13.6. The minimum atomic E-state index is -0.0719. The molecule has 0 bridgehead atoms. The predicted molar refractivity (Wildman–Crippen MR) is 81.3 cm³/mol. The Morgan fingerprint density at radius 1 is 1.26 bits per heavy atom. The second-order valence-electron chi connectivity index (χ2n) is 5.23. The summed E-state index contributed by atoms with van der Waals surface area (Å²) in [5.41, 5.74) is 0.994. The van der Waals surface area contributed by atoms with Gasteiger partial charge in [-0.05, 0) is 18.7 Å². The number of thiazole rings is 1. The van der Waals surface area contributed by atoms with Gasteiger partial charge in [0, 0.05) is 29.6 Å². The van der Waals surface area contributed by atoms with Crippen LogP contribution in [0.2, 0.25) is 0 Å². The maximum atomic E-state index is 4.71. The van der Waals surface area contributed by atoms with Crippen LogP contribution < -0.4 is 5.32 Å². The fraction of sp³-hybridized carbons (Fsp3) is 0.462. The van der Waals surface area contributed by atoms with Crippen LogP contribution in [0.15, 0.2) is 20.9 Å². The summed E-state index contributed by atoms with van der Waals surface area (Å²) < 4.78 is 1.00. The molecule has 0 saturated carbocycles. The second-order valence-corrected chi connectivity index (χ2v) is 7.36. The van der Waals surface area contributed by atoms with E-state index in [1.165, 1.54) is 0 Å². The van der Waals surface area contributed by atoms with Crippen LogP contribution in [0.25, 0.3) is 0 Å². The highest BCUT2D eigenvalue weighted by molar-refractivity contribution is 8.01. The van der Waals surface area contributed by atoms with Gasteiger partial charge in [0.15, 0.2) is 4.34 Å². The Hall–Kier alpha value is -1.14. The molecule has 19 heavy (non-hydrogen) atoms. The summed E-state index contributed by atoms with van der Waals surface area (Å²) in [6.07, 6.45) is 1.81. The van der Waals surface area contributed by atoms with E-state index >= 15 is 0 Å². The average Bonchev–Trinajstić information content (AvgIpc) is 2.83. The zero-order chi connectivity index (χ0) is 14.0. The van der Waals surface area contributed by atoms with Gasteiger partial charge in [-0.1, -0.05) is 20.8 Å². The van der Waals surface area contributed by atoms with Crippen LogP contribution >= 0.6 is 23.1 Å². The summed E-state index contributed by atoms with van der Waals surface area (Å²) in [6.45, 7) is 8.40. The van der Waals surface area contributed by atoms with Crippen molar-refractivity contribution >= 4 is 28.9 Å². The molecule has 0 aliphatic rings. The monoisotopic (exact) mass is 294 g/mol. The van der Waals surface area contributed by atoms with Crippen LogP contribution in [0, 0.1) is 6.92 Å². The van der Waals surface area contributed by atoms with E-state index in [0.717, 1.165) is 26.6 Å². The van der Waals surface area contributed by atoms with Gasteiger partial charge in [-0.15, -0.1) is 11.3 Å². The Morgan fingerprint density at radius 2 is 2.00 bits per heavy atom. The molecule has 0 aliphatic heterocycles. The number of nitrogens with one attached hydrogen (secondary N) is 1. The van der Waals surface area contributed by atoms with Gasteiger partial charge in [-0.2, -0.15) is 0 Å². The van der Waals surface area contributed by atoms with Crippen molar-refractivity contribution in [2.24, 2.45) is 0 Å². The molecule has 2 aromatic rings. The van der Waals surface area contributed by atoms with Gasteiger partial charge in [0.25, 0.3) is 0 Å². The minimum absolute atomic E-state index is 0.0719. The smallest absolute Gasteiger partial charge is 0.156 e. The molecule has 102 valence electrons. The zero-order valence-corrected chi connectivity index (χ0v) is 13.4. The molecular weight excluding hydrogens is 276 g/mol. The van der Waals surface area contributed by atoms with Crippen molar-refractivity contribution in [1.82, 2.24) is 15.0 Å². The Labute approximate surface area is 122 Å². The molecule has 0 atom stereocenters. The standard InChI is InChI=1S/C13H18N4S2/c1-8-9(14-5)16-11(13(2,3)4)17-10(8)19-12-15-6-7-18-12/h6-7H,1-5H3,(H,14,16,17). The maximum absolute atomic E-state index is 4.71. The van der Waals surface area contributed by atoms with Gasteiger partial charge in [-0.25, -0.2) is 15.0 Å². The molecule has 0 saturated heterocycles. The summed E-state index contributed by atoms with van der Waals surface area (Å²) in [7, 11) is 1.89. The average molecular weight is 294 g/mol. The third-order valence-electron chi connectivity index (χ3n) is 2.60. The second kappa shape index (κ2) is 5.46. The highest BCUT2D eigenvalue weighted by Gasteiger charge is 2.21. The number of hydrogen-bond donors (Lipinski definition) is 1. The third kappa shape index (κ3) is 3.25. The van der Waals surface area contributed by atoms with Crippen LogP contribution in [0.3, 0.4) is 0 Å². The lowest BCUT2D eigenvalue weighted by atomic mass is 9.95. The highest BCUT2D eigenvalue weighted by Crippen LogP contribution is 2.34. The Bertz CT molecular complexity index is 559. The Kier molecular flexibility index (Phi) is 4.10. The Morgan fingerprint density at radius 3 is 2.53 bits per heavy atom. The van der Waals surface area contributed by atoms with Gasteiger partial charge in [-0.3, -0.25) is 0 Å². The number of rotatable bonds is 3. The molecule has 0 aromatic carbocycles. The SMILES string of the molecule is CNc1nc(C(C)(C)C)nc(Sc2nccs2)c1C. The third-order valence-corrected chi connectivity index (χ3v) is 4.58. The van der Waals surface area contributed by atoms with E-state index in [0.29, 0.717) is 0 Å². The topological polar surface area (TPSA) is 50.7 Å². The molecule has 0 amide bonds. The van der Waals surface area contributed by atoms with Crippen molar-refractivity contribution in [1.29, 1.82) is 0 Å². The molecule has 4 nitrogen and oxygen atoms in total. The predicted octanol–water partition coefficient (Wildman–Crippen LogP) is 3.73. The van der Waals surface area contributed by atoms with Crippen molar-refractivity contribution in [3.63, 3.8) is 0 Å². The van der Waals surface area contributed by atoms with E-state index in [4.69, 9.17) is 4.98 Å². The van der Waals surface area contributed by atoms with Gasteiger partial charge in [0.05, 0.1) is 0 Å². The molecule has 2 aromatic heterocycles. The first-order chi connectivity index (χ1) is 8.91. The molecular formula is C13H18N4S2. The summed E-state index contributed by atoms with van der Waals surface area (Å²) in [5.74, 6) is 1.74. The van der Waals surface area contributed by atoms with Gasteiger partial charge < -0.3 is 5.32 Å². The molecule has 0 fully saturated rings. The van der Waals surface area contributed by atoms with Gasteiger partial charge >= 0.3 is 0 Å². The molecule has 2 heterocycles. The van der Waals surface area contributed by atoms with Crippen molar-refractivity contribution in [2.75, 3.05) is 12.4 Å². The van der Waals surface area contributed by atoms with Crippen LogP contribution in [-0.2, 0) is 5.41 Å². The van der Waals surface area contributed by atoms with Crippen molar-refractivity contribution < 1.29 is 0 Å². The van der Waals surface area contributed by atoms with Crippen molar-refractivity contribution in [2.45, 2.75) is 42.5 Å². The number of hydrogen-bond acceptors (Lipinski definition) is 6. The molecule has 0 radical (unpaired) electrons. The quantitative estimate of drug-likeness (QED) is 0.874. The van der Waals surface area contributed by atoms with Gasteiger partial charge in [0.1, 0.15) is 16.7 Å². The lowest BCUT2D eigenvalue weighted by Crippen LogP contribution is -2.18. The fourth-order valence-electron chi connectivity index (χ4n) is 1.52. The fourth-order valence-corrected chi connectivity index (χ4v) is 3.13. The van der Waals surface area contributed by atoms with Gasteiger partial charge in [0.2, 0.25) is 0 Å². The molecule has 0 unspecified atom stereocenters. The molecule has 6 heteroatoms. The van der Waals surface area contributed by atoms with Crippen LogP contribution in [0.1, 0.15) is 32.2 Å². The van der Waals surface area contributed by atoms with E-state index in [9.17, 15) is 0 Å². The molecule has 0 aliphatic carbocycles. The van der Waals surface area contributed by atoms with E-state index < -0.39 is 0 Å². The van der Waals surface area contributed by atoms with E-state index in [1.807, 2.05) is 25.5 Å². The highest BCUT2D eigenvalue weighted by atomic mass is 32.2. The lowest BCUT2D eigenvalue weighted by Gasteiger charge is -2.19. The number of aromatic nitrogens is 3. The summed E-state index contributed by atoms with van der Waals surface area (Å²) >= 11 is 3.22. The van der Waals surface area contributed by atoms with E-state index in [1.54, 1.807) is 23.1 Å². The summed E-state index contributed by atoms with van der Waals surface area (Å²) in [6, 6.07) is 0. The van der Waals surface area contributed by atoms with Crippen LogP contribution in [-0.4, -0.2) is 22.0 Å². The van der Waals surface area contributed by atoms with E-state index in [2.05, 4.69) is 36.1 Å². The Balaban J connectivity index is 2.46. The lowest BCUT2D eigenvalue weighted by molar-refractivity contribution is 0.538. The summed E-state index contributed by atoms with van der Waals surface area (Å²) in [5, 5.41) is 6.09. The molecule has 2 rings (SSSR count). The molecule has 0 spiro atoms. The van der Waals surface area contributed by atoms with Crippen molar-refractivity contribution in [3.05, 3.63) is 23.0 Å². The van der Waals surface area contributed by atoms with Crippen LogP contribution in [0.4, 0.5) is 5.82 Å². The zero-order valence-electron chi connectivity index (χ0n) is 11.8. The van der Waals surface area contributed by atoms with Crippen LogP contribution in [0.5, 0.6) is 0 Å². The van der Waals surface area contributed by atoms with Crippen molar-refractivity contribution in [3.8, 4) is 0 Å². The first kappa shape index (κ1) is 14.3. The normalized spacial score (nSPS) is 11.6.